The van der Waals surface area contributed by atoms with E-state index in [4.69, 9.17) is 26.8 Å². The van der Waals surface area contributed by atoms with Gasteiger partial charge in [-0.1, -0.05) is 84.5 Å². The van der Waals surface area contributed by atoms with Crippen LogP contribution >= 0.6 is 0 Å². The van der Waals surface area contributed by atoms with Crippen molar-refractivity contribution in [1.82, 2.24) is 27.1 Å². The Morgan fingerprint density at radius 2 is 0.769 bits per heavy atom. The number of esters is 2. The molecule has 5 aromatic rings. The third-order valence-corrected chi connectivity index (χ3v) is 15.2. The molecule has 0 fully saturated rings. The van der Waals surface area contributed by atoms with Crippen molar-refractivity contribution in [2.24, 2.45) is 55.1 Å². The van der Waals surface area contributed by atoms with Crippen LogP contribution < -0.4 is 83.7 Å². The maximum absolute atomic E-state index is 11.4. The average molecular weight is 1510 g/mol. The molecular weight excluding hydrogens is 1430 g/mol. The van der Waals surface area contributed by atoms with E-state index in [-0.39, 0.29) is 153 Å². The van der Waals surface area contributed by atoms with Crippen molar-refractivity contribution in [2.75, 3.05) is 40.1 Å². The van der Waals surface area contributed by atoms with Gasteiger partial charge in [-0.05, 0) is 67.4 Å². The molecule has 0 saturated carbocycles. The zero-order valence-corrected chi connectivity index (χ0v) is 62.5. The fourth-order valence-electron chi connectivity index (χ4n) is 10.5. The number of benzene rings is 5. The number of carbonyl (C=O) groups is 9. The normalized spacial score (nSPS) is 17.0. The number of nitrogens with two attached hydrogens (primary N) is 2. The van der Waals surface area contributed by atoms with Gasteiger partial charge in [0.05, 0.1) is 43.3 Å². The van der Waals surface area contributed by atoms with E-state index >= 15 is 0 Å². The van der Waals surface area contributed by atoms with Gasteiger partial charge in [0.1, 0.15) is 17.1 Å². The molecule has 5 aliphatic heterocycles. The van der Waals surface area contributed by atoms with Crippen molar-refractivity contribution in [3.8, 4) is 0 Å². The van der Waals surface area contributed by atoms with Gasteiger partial charge < -0.3 is 42.4 Å². The van der Waals surface area contributed by atoms with E-state index in [0.29, 0.717) is 78.3 Å². The summed E-state index contributed by atoms with van der Waals surface area (Å²) in [5.74, 6) is -2.19. The van der Waals surface area contributed by atoms with Crippen molar-refractivity contribution >= 4 is 127 Å². The molecule has 0 bridgehead atoms. The first-order valence-electron chi connectivity index (χ1n) is 32.2. The average Bonchev–Trinajstić information content (AvgIpc) is 0.858. The first-order valence-corrected chi connectivity index (χ1v) is 32.2. The summed E-state index contributed by atoms with van der Waals surface area (Å²) >= 11 is 0. The Bertz CT molecular complexity index is 4260. The standard InChI is InChI=1S/C15H20N4O3.C13H14N4O4.C13H15N3O2.C11H12N4O3.C11H13N3O.C4H6O3.CH4.HNO3.Na.H2O/c1-4-18(5-2)12-7-6-11(9-13(12)19(21)22)15-10(3)8-14(20)16-17-15;1-7-5-12(19)15-16-13(7)9-3-4-10(14-8(2)18)11(6-9)17(20)21;1-8-7-12(18)15-16-13(8)10-3-5-11(6-4-10)14-9(2)17;1-6-4-10(16)13-14-11(6)7-2-3-8(12)9(5-7)15(17)18;1-7-6-10(15)13-14-11(7)8-2-4-9(12)5-3-8;1-3(5)7-4(2)6;;2-1(3)4;;/h6-7,9-10H,4-5,8H2,1-3H3,(H,16,20);3-4,6-7H,5H2,1-2H3,(H,14,18)(H,15,19);3-6,8H,7H2,1-2H3,(H,14,17)(H,15,18);2-3,5-6H,4,12H2,1H3,(H,13,16);2-5,7H,6,12H2,1H3,(H,13,15);1-2H3;1H4;(H,2,3,4);;1H2/q;;;;;;;;+1;/p-1/t10-;7-;8-;6-;7-;;;;;/m11111...../s1. The quantitative estimate of drug-likeness (QED) is 0.0192. The molecule has 574 valence electrons. The zero-order valence-electron chi connectivity index (χ0n) is 60.5. The van der Waals surface area contributed by atoms with Gasteiger partial charge in [-0.15, -0.1) is 10.1 Å². The Labute approximate surface area is 641 Å². The number of nitro benzene ring substituents is 3. The molecule has 40 heteroatoms. The van der Waals surface area contributed by atoms with Gasteiger partial charge in [0.25, 0.3) is 22.1 Å². The zero-order chi connectivity index (χ0) is 78.5. The topological polar surface area (TPSA) is 587 Å². The molecule has 5 aliphatic rings. The van der Waals surface area contributed by atoms with Crippen LogP contribution in [0.25, 0.3) is 0 Å². The van der Waals surface area contributed by atoms with Gasteiger partial charge in [0, 0.05) is 149 Å². The molecule has 7 amide bonds. The summed E-state index contributed by atoms with van der Waals surface area (Å²) in [4.78, 5) is 140. The first-order chi connectivity index (χ1) is 49.4. The molecule has 0 unspecified atom stereocenters. The van der Waals surface area contributed by atoms with Crippen molar-refractivity contribution in [3.05, 3.63) is 171 Å². The van der Waals surface area contributed by atoms with Gasteiger partial charge >= 0.3 is 41.5 Å². The molecule has 5 atom stereocenters. The number of anilines is 5. The fraction of sp³-hybridized carbons (Fsp3) is 0.353. The van der Waals surface area contributed by atoms with Crippen molar-refractivity contribution in [1.29, 1.82) is 0 Å². The minimum atomic E-state index is -1.50. The minimum Gasteiger partial charge on any atom is -0.870 e. The second kappa shape index (κ2) is 45.1. The monoisotopic (exact) mass is 1510 g/mol. The molecule has 10 rings (SSSR count). The summed E-state index contributed by atoms with van der Waals surface area (Å²) in [7, 11) is 0. The fourth-order valence-corrected chi connectivity index (χ4v) is 10.5. The minimum absolute atomic E-state index is 0. The maximum Gasteiger partial charge on any atom is 1.00 e. The van der Waals surface area contributed by atoms with Crippen LogP contribution in [0.3, 0.4) is 0 Å². The van der Waals surface area contributed by atoms with E-state index in [9.17, 15) is 73.5 Å². The number of ether oxygens (including phenoxy) is 1. The smallest absolute Gasteiger partial charge is 0.870 e. The van der Waals surface area contributed by atoms with Gasteiger partial charge in [-0.3, -0.25) is 73.5 Å². The number of nitro groups is 3. The SMILES string of the molecule is C.CC(=O)Nc1ccc(C2=NNC(=O)C[C@H]2C)cc1.CC(=O)Nc1ccc(C2=NNC(=O)C[C@H]2C)cc1[N+](=O)[O-].CC(=O)OC(C)=O.CCN(CC)c1ccc(C2=NNC(=O)C[C@H]2C)cc1[N+](=O)[O-].C[C@@H]1CC(=O)NN=C1c1ccc(N)c([N+](=O)[O-])c1.C[C@@H]1CC(=O)NN=C1c1ccc(N)cc1.O=[N+]([O-])O.[Na+].[OH-]. The number of nitrogen functional groups attached to an aromatic ring is 2. The Hall–Kier alpha value is -12.4. The van der Waals surface area contributed by atoms with E-state index in [1.54, 1.807) is 24.3 Å². The van der Waals surface area contributed by atoms with E-state index in [0.717, 1.165) is 33.9 Å². The second-order valence-corrected chi connectivity index (χ2v) is 23.7. The summed E-state index contributed by atoms with van der Waals surface area (Å²) in [6, 6.07) is 29.0. The molecule has 0 saturated heterocycles. The Morgan fingerprint density at radius 3 is 1.06 bits per heavy atom. The number of rotatable bonds is 13. The Morgan fingerprint density at radius 1 is 0.481 bits per heavy atom. The number of nitrogens with one attached hydrogen (secondary N) is 7. The molecule has 13 N–H and O–H groups in total. The number of carbonyl (C=O) groups excluding carboxylic acids is 9. The van der Waals surface area contributed by atoms with Crippen molar-refractivity contribution in [2.45, 2.75) is 116 Å². The van der Waals surface area contributed by atoms with Crippen LogP contribution in [0.15, 0.2) is 129 Å². The molecule has 5 aromatic carbocycles. The number of amides is 7. The molecule has 39 nitrogen and oxygen atoms in total. The van der Waals surface area contributed by atoms with Gasteiger partial charge in [-0.25, -0.2) is 27.1 Å². The van der Waals surface area contributed by atoms with Crippen LogP contribution in [-0.2, 0) is 47.9 Å². The molecule has 0 radical (unpaired) electrons. The van der Waals surface area contributed by atoms with Crippen molar-refractivity contribution < 1.29 is 108 Å². The van der Waals surface area contributed by atoms with Gasteiger partial charge in [0.2, 0.25) is 41.4 Å². The summed E-state index contributed by atoms with van der Waals surface area (Å²) < 4.78 is 3.97. The van der Waals surface area contributed by atoms with Crippen LogP contribution in [0.5, 0.6) is 0 Å². The molecule has 108 heavy (non-hydrogen) atoms. The van der Waals surface area contributed by atoms with Crippen LogP contribution in [0.1, 0.15) is 144 Å². The number of nitrogens with zero attached hydrogens (tertiary/aromatic N) is 10. The van der Waals surface area contributed by atoms with E-state index in [1.165, 1.54) is 52.0 Å². The Balaban J connectivity index is 0.000000650. The van der Waals surface area contributed by atoms with E-state index in [1.807, 2.05) is 108 Å². The second-order valence-electron chi connectivity index (χ2n) is 23.7. The van der Waals surface area contributed by atoms with E-state index in [2.05, 4.69) is 68.0 Å². The molecular formula is C68H86N19NaO20. The number of hydrazone groups is 5. The number of hydrogen-bond acceptors (Lipinski definition) is 27. The predicted molar refractivity (Wildman–Crippen MR) is 395 cm³/mol. The summed E-state index contributed by atoms with van der Waals surface area (Å²) in [6.07, 6.45) is 1.87. The largest absolute Gasteiger partial charge is 1.00 e. The van der Waals surface area contributed by atoms with E-state index < -0.39 is 26.9 Å². The van der Waals surface area contributed by atoms with Crippen LogP contribution in [0, 0.1) is 70.0 Å². The van der Waals surface area contributed by atoms with Gasteiger partial charge in [0.15, 0.2) is 0 Å². The number of hydrogen-bond donors (Lipinski definition) is 10. The van der Waals surface area contributed by atoms with Gasteiger partial charge in [-0.2, -0.15) is 25.5 Å². The van der Waals surface area contributed by atoms with Crippen LogP contribution in [-0.4, -0.2) is 125 Å². The maximum atomic E-state index is 11.4. The van der Waals surface area contributed by atoms with Crippen LogP contribution in [0.4, 0.5) is 45.5 Å². The third-order valence-electron chi connectivity index (χ3n) is 15.2. The Kier molecular flexibility index (Phi) is 39.1. The third kappa shape index (κ3) is 30.0. The molecule has 0 aromatic heterocycles. The first kappa shape index (κ1) is 93.7. The summed E-state index contributed by atoms with van der Waals surface area (Å²) in [5, 5.41) is 72.2. The van der Waals surface area contributed by atoms with Crippen molar-refractivity contribution in [3.63, 3.8) is 0 Å². The summed E-state index contributed by atoms with van der Waals surface area (Å²) in [5.41, 5.74) is 32.7. The molecule has 0 aliphatic carbocycles. The molecule has 0 spiro atoms. The molecule has 5 heterocycles. The summed E-state index contributed by atoms with van der Waals surface area (Å²) in [6.45, 7) is 20.0. The predicted octanol–water partition coefficient (Wildman–Crippen LogP) is 4.60. The van der Waals surface area contributed by atoms with Crippen LogP contribution in [0.2, 0.25) is 0 Å².